The fraction of sp³-hybridized carbons (Fsp3) is 0.192. The van der Waals surface area contributed by atoms with Crippen molar-refractivity contribution < 1.29 is 27.4 Å². The van der Waals surface area contributed by atoms with E-state index >= 15 is 0 Å². The summed E-state index contributed by atoms with van der Waals surface area (Å²) >= 11 is 0. The molecule has 0 aliphatic rings. The molecule has 41 heavy (non-hydrogen) atoms. The zero-order chi connectivity index (χ0) is 29.3. The van der Waals surface area contributed by atoms with Crippen LogP contribution < -0.4 is 19.8 Å². The number of fused-ring (bicyclic) bond motifs is 1. The van der Waals surface area contributed by atoms with E-state index in [9.17, 15) is 22.7 Å². The second kappa shape index (κ2) is 10.8. The lowest BCUT2D eigenvalue weighted by atomic mass is 10.2. The Labute approximate surface area is 232 Å². The van der Waals surface area contributed by atoms with Gasteiger partial charge in [-0.2, -0.15) is 10.1 Å². The topological polar surface area (TPSA) is 163 Å². The number of methoxy groups -OCH3 is 2. The van der Waals surface area contributed by atoms with Gasteiger partial charge in [0, 0.05) is 18.9 Å². The summed E-state index contributed by atoms with van der Waals surface area (Å²) in [7, 11) is 0.262. The number of nitrogens with one attached hydrogen (secondary N) is 1. The number of hydrogen-bond acceptors (Lipinski definition) is 10. The molecule has 0 radical (unpaired) electrons. The van der Waals surface area contributed by atoms with E-state index in [1.165, 1.54) is 14.2 Å². The number of aromatic hydroxyl groups is 1. The fourth-order valence-corrected chi connectivity index (χ4v) is 5.34. The summed E-state index contributed by atoms with van der Waals surface area (Å²) in [6.07, 6.45) is 1.64. The quantitative estimate of drug-likeness (QED) is 0.264. The maximum absolute atomic E-state index is 14.1. The molecule has 5 rings (SSSR count). The van der Waals surface area contributed by atoms with Crippen molar-refractivity contribution in [1.82, 2.24) is 29.3 Å². The van der Waals surface area contributed by atoms with Crippen LogP contribution in [0, 0.1) is 5.82 Å². The lowest BCUT2D eigenvalue weighted by Gasteiger charge is -2.19. The third-order valence-electron chi connectivity index (χ3n) is 6.18. The molecule has 2 N–H and O–H groups in total. The van der Waals surface area contributed by atoms with Crippen molar-refractivity contribution in [1.29, 1.82) is 0 Å². The minimum Gasteiger partial charge on any atom is -0.494 e. The lowest BCUT2D eigenvalue weighted by Crippen LogP contribution is -2.29. The van der Waals surface area contributed by atoms with Crippen LogP contribution in [0.4, 0.5) is 10.1 Å². The van der Waals surface area contributed by atoms with E-state index in [0.29, 0.717) is 5.39 Å². The summed E-state index contributed by atoms with van der Waals surface area (Å²) < 4.78 is 54.9. The number of anilines is 1. The van der Waals surface area contributed by atoms with Gasteiger partial charge in [-0.15, -0.1) is 0 Å². The first-order valence-electron chi connectivity index (χ1n) is 12.1. The second-order valence-corrected chi connectivity index (χ2v) is 10.6. The van der Waals surface area contributed by atoms with E-state index in [0.717, 1.165) is 22.5 Å². The van der Waals surface area contributed by atoms with E-state index < -0.39 is 38.7 Å². The molecule has 0 amide bonds. The smallest absolute Gasteiger partial charge is 0.287 e. The van der Waals surface area contributed by atoms with Crippen LogP contribution >= 0.6 is 0 Å². The van der Waals surface area contributed by atoms with Crippen LogP contribution in [0.15, 0.2) is 59.7 Å². The molecule has 0 aliphatic carbocycles. The summed E-state index contributed by atoms with van der Waals surface area (Å²) in [5, 5.41) is 16.1. The Hall–Kier alpha value is -5.05. The van der Waals surface area contributed by atoms with Crippen LogP contribution in [0.3, 0.4) is 0 Å². The highest BCUT2D eigenvalue weighted by atomic mass is 32.2. The number of aryl methyl sites for hydroxylation is 2. The van der Waals surface area contributed by atoms with Crippen LogP contribution in [-0.4, -0.2) is 62.8 Å². The zero-order valence-electron chi connectivity index (χ0n) is 22.1. The molecule has 0 atom stereocenters. The van der Waals surface area contributed by atoms with Gasteiger partial charge >= 0.3 is 0 Å². The molecule has 0 bridgehead atoms. The van der Waals surface area contributed by atoms with Crippen LogP contribution in [-0.2, 0) is 23.5 Å². The van der Waals surface area contributed by atoms with E-state index in [-0.39, 0.29) is 40.9 Å². The second-order valence-electron chi connectivity index (χ2n) is 8.76. The molecule has 0 aliphatic heterocycles. The molecule has 212 valence electrons. The first-order valence-corrected chi connectivity index (χ1v) is 13.7. The molecule has 13 nitrogen and oxygen atoms in total. The van der Waals surface area contributed by atoms with Gasteiger partial charge in [0.05, 0.1) is 37.9 Å². The lowest BCUT2D eigenvalue weighted by molar-refractivity contribution is 0.390. The molecule has 0 fully saturated rings. The first-order chi connectivity index (χ1) is 19.6. The predicted molar refractivity (Wildman–Crippen MR) is 147 cm³/mol. The van der Waals surface area contributed by atoms with Gasteiger partial charge in [-0.1, -0.05) is 24.3 Å². The third-order valence-corrected chi connectivity index (χ3v) is 7.44. The Morgan fingerprint density at radius 1 is 1.02 bits per heavy atom. The van der Waals surface area contributed by atoms with E-state index in [1.54, 1.807) is 42.1 Å². The van der Waals surface area contributed by atoms with Gasteiger partial charge in [0.1, 0.15) is 28.7 Å². The predicted octanol–water partition coefficient (Wildman–Crippen LogP) is 2.42. The largest absolute Gasteiger partial charge is 0.494 e. The van der Waals surface area contributed by atoms with Crippen molar-refractivity contribution in [2.24, 2.45) is 7.05 Å². The maximum Gasteiger partial charge on any atom is 0.287 e. The van der Waals surface area contributed by atoms with Crippen molar-refractivity contribution in [2.45, 2.75) is 6.42 Å². The Balaban J connectivity index is 1.70. The molecule has 3 aromatic heterocycles. The number of hydrogen-bond donors (Lipinski definition) is 2. The van der Waals surface area contributed by atoms with E-state index in [4.69, 9.17) is 9.47 Å². The number of sulfonamides is 1. The molecular formula is C26H24FN7O6S. The summed E-state index contributed by atoms with van der Waals surface area (Å²) in [5.41, 5.74) is -0.595. The van der Waals surface area contributed by atoms with Crippen molar-refractivity contribution in [3.63, 3.8) is 0 Å². The number of ether oxygens (including phenoxy) is 2. The Morgan fingerprint density at radius 2 is 1.68 bits per heavy atom. The molecule has 3 heterocycles. The molecule has 2 aromatic carbocycles. The minimum absolute atomic E-state index is 0.0765. The van der Waals surface area contributed by atoms with Crippen LogP contribution in [0.25, 0.3) is 28.1 Å². The number of halogens is 1. The van der Waals surface area contributed by atoms with Gasteiger partial charge in [-0.25, -0.2) is 27.3 Å². The SMILES string of the molecule is COc1cccc(OC)c1-n1c(-c2nn(C)c3ccccc23)nc(O)c(NS(=O)(=O)CCc2ncc(F)cn2)c1=O. The molecule has 0 unspecified atom stereocenters. The summed E-state index contributed by atoms with van der Waals surface area (Å²) in [5.74, 6) is -1.69. The van der Waals surface area contributed by atoms with Crippen LogP contribution in [0.5, 0.6) is 17.4 Å². The van der Waals surface area contributed by atoms with Crippen LogP contribution in [0.2, 0.25) is 0 Å². The van der Waals surface area contributed by atoms with Gasteiger partial charge in [0.2, 0.25) is 15.9 Å². The normalized spacial score (nSPS) is 11.5. The average Bonchev–Trinajstić information content (AvgIpc) is 3.30. The fourth-order valence-electron chi connectivity index (χ4n) is 4.30. The Morgan fingerprint density at radius 3 is 2.34 bits per heavy atom. The van der Waals surface area contributed by atoms with Crippen molar-refractivity contribution in [2.75, 3.05) is 24.7 Å². The third kappa shape index (κ3) is 5.26. The van der Waals surface area contributed by atoms with Crippen LogP contribution in [0.1, 0.15) is 5.82 Å². The monoisotopic (exact) mass is 581 g/mol. The van der Waals surface area contributed by atoms with Gasteiger partial charge in [-0.3, -0.25) is 14.2 Å². The van der Waals surface area contributed by atoms with Gasteiger partial charge in [0.25, 0.3) is 5.56 Å². The Kier molecular flexibility index (Phi) is 7.28. The Bertz CT molecular complexity index is 1900. The number of benzene rings is 2. The molecular weight excluding hydrogens is 557 g/mol. The molecule has 15 heteroatoms. The molecule has 5 aromatic rings. The zero-order valence-corrected chi connectivity index (χ0v) is 22.9. The molecule has 0 spiro atoms. The van der Waals surface area contributed by atoms with Crippen molar-refractivity contribution in [3.8, 4) is 34.6 Å². The summed E-state index contributed by atoms with van der Waals surface area (Å²) in [6.45, 7) is 0. The highest BCUT2D eigenvalue weighted by Crippen LogP contribution is 2.37. The van der Waals surface area contributed by atoms with Crippen molar-refractivity contribution in [3.05, 3.63) is 76.9 Å². The van der Waals surface area contributed by atoms with Gasteiger partial charge in [-0.05, 0) is 18.2 Å². The minimum atomic E-state index is -4.25. The standard InChI is InChI=1S/C26H24FN7O6S/c1-33-17-8-5-4-7-16(17)21(31-33)24-30-25(35)22(32-41(37,38)12-11-20-28-13-15(27)14-29-20)26(36)34(24)23-18(39-2)9-6-10-19(23)40-3/h4-10,13-14,32,35H,11-12H2,1-3H3. The number of aromatic nitrogens is 6. The maximum atomic E-state index is 14.1. The van der Waals surface area contributed by atoms with Gasteiger partial charge < -0.3 is 14.6 Å². The highest BCUT2D eigenvalue weighted by Gasteiger charge is 2.28. The number of para-hydroxylation sites is 2. The van der Waals surface area contributed by atoms with Gasteiger partial charge in [0.15, 0.2) is 17.3 Å². The van der Waals surface area contributed by atoms with Crippen molar-refractivity contribution >= 4 is 26.6 Å². The van der Waals surface area contributed by atoms with E-state index in [2.05, 4.69) is 24.8 Å². The number of rotatable bonds is 9. The molecule has 0 saturated heterocycles. The summed E-state index contributed by atoms with van der Waals surface area (Å²) in [4.78, 5) is 25.8. The summed E-state index contributed by atoms with van der Waals surface area (Å²) in [6, 6.07) is 12.0. The van der Waals surface area contributed by atoms with E-state index in [1.807, 2.05) is 12.1 Å². The highest BCUT2D eigenvalue weighted by molar-refractivity contribution is 7.92. The first kappa shape index (κ1) is 27.5. The average molecular weight is 582 g/mol. The molecule has 0 saturated carbocycles. The number of nitrogens with zero attached hydrogens (tertiary/aromatic N) is 6.